The van der Waals surface area contributed by atoms with Gasteiger partial charge < -0.3 is 14.9 Å². The first kappa shape index (κ1) is 15.5. The molecule has 2 amide bonds. The average molecular weight is 290 g/mol. The number of aryl methyl sites for hydroxylation is 2. The summed E-state index contributed by atoms with van der Waals surface area (Å²) in [6, 6.07) is 5.80. The second kappa shape index (κ2) is 6.26. The molecule has 1 saturated heterocycles. The maximum Gasteiger partial charge on any atom is 0.254 e. The summed E-state index contributed by atoms with van der Waals surface area (Å²) < 4.78 is 0. The number of rotatable bonds is 2. The second-order valence-electron chi connectivity index (χ2n) is 5.61. The van der Waals surface area contributed by atoms with Gasteiger partial charge in [-0.2, -0.15) is 0 Å². The zero-order chi connectivity index (χ0) is 15.6. The number of hydrogen-bond acceptors (Lipinski definition) is 3. The van der Waals surface area contributed by atoms with Crippen LogP contribution in [0.15, 0.2) is 18.2 Å². The van der Waals surface area contributed by atoms with Crippen LogP contribution in [0.25, 0.3) is 0 Å². The Morgan fingerprint density at radius 2 is 1.67 bits per heavy atom. The van der Waals surface area contributed by atoms with Gasteiger partial charge in [-0.05, 0) is 32.4 Å². The number of hydrogen-bond donors (Lipinski definition) is 1. The first-order valence-corrected chi connectivity index (χ1v) is 7.23. The number of nitrogens with zero attached hydrogens (tertiary/aromatic N) is 2. The summed E-state index contributed by atoms with van der Waals surface area (Å²) in [5.74, 6) is -0.259. The maximum atomic E-state index is 12.5. The SMILES string of the molecule is Cc1ccc(C(=O)N2CCN(C(=O)C(C)O)CC2)c(C)c1. The van der Waals surface area contributed by atoms with Crippen molar-refractivity contribution < 1.29 is 14.7 Å². The molecule has 0 bridgehead atoms. The lowest BCUT2D eigenvalue weighted by atomic mass is 10.0. The molecule has 1 unspecified atom stereocenters. The van der Waals surface area contributed by atoms with Crippen molar-refractivity contribution in [3.05, 3.63) is 34.9 Å². The van der Waals surface area contributed by atoms with E-state index in [4.69, 9.17) is 0 Å². The standard InChI is InChI=1S/C16H22N2O3/c1-11-4-5-14(12(2)10-11)16(21)18-8-6-17(7-9-18)15(20)13(3)19/h4-5,10,13,19H,6-9H2,1-3H3. The van der Waals surface area contributed by atoms with Crippen LogP contribution in [0.4, 0.5) is 0 Å². The Bertz CT molecular complexity index is 546. The topological polar surface area (TPSA) is 60.9 Å². The van der Waals surface area contributed by atoms with Crippen LogP contribution in [0.5, 0.6) is 0 Å². The van der Waals surface area contributed by atoms with Crippen LogP contribution < -0.4 is 0 Å². The van der Waals surface area contributed by atoms with Crippen molar-refractivity contribution in [2.24, 2.45) is 0 Å². The fourth-order valence-electron chi connectivity index (χ4n) is 2.62. The van der Waals surface area contributed by atoms with Crippen molar-refractivity contribution in [3.63, 3.8) is 0 Å². The molecule has 1 aromatic carbocycles. The molecule has 5 nitrogen and oxygen atoms in total. The van der Waals surface area contributed by atoms with Crippen molar-refractivity contribution >= 4 is 11.8 Å². The lowest BCUT2D eigenvalue weighted by Gasteiger charge is -2.35. The van der Waals surface area contributed by atoms with E-state index in [2.05, 4.69) is 0 Å². The number of benzene rings is 1. The number of amides is 2. The van der Waals surface area contributed by atoms with Crippen LogP contribution in [-0.4, -0.2) is 59.0 Å². The van der Waals surface area contributed by atoms with Gasteiger partial charge in [0, 0.05) is 31.7 Å². The normalized spacial score (nSPS) is 16.8. The van der Waals surface area contributed by atoms with Gasteiger partial charge in [-0.25, -0.2) is 0 Å². The monoisotopic (exact) mass is 290 g/mol. The summed E-state index contributed by atoms with van der Waals surface area (Å²) in [7, 11) is 0. The molecule has 1 aliphatic rings. The molecule has 21 heavy (non-hydrogen) atoms. The van der Waals surface area contributed by atoms with Gasteiger partial charge in [0.2, 0.25) is 0 Å². The van der Waals surface area contributed by atoms with Gasteiger partial charge in [-0.1, -0.05) is 17.7 Å². The fraction of sp³-hybridized carbons (Fsp3) is 0.500. The molecule has 114 valence electrons. The van der Waals surface area contributed by atoms with E-state index >= 15 is 0 Å². The van der Waals surface area contributed by atoms with E-state index in [9.17, 15) is 14.7 Å². The van der Waals surface area contributed by atoms with Crippen molar-refractivity contribution in [2.45, 2.75) is 26.9 Å². The van der Waals surface area contributed by atoms with Crippen LogP contribution in [0, 0.1) is 13.8 Å². The van der Waals surface area contributed by atoms with E-state index in [0.29, 0.717) is 26.2 Å². The van der Waals surface area contributed by atoms with E-state index in [-0.39, 0.29) is 11.8 Å². The van der Waals surface area contributed by atoms with E-state index in [1.165, 1.54) is 6.92 Å². The first-order valence-electron chi connectivity index (χ1n) is 7.23. The predicted molar refractivity (Wildman–Crippen MR) is 80.1 cm³/mol. The quantitative estimate of drug-likeness (QED) is 0.883. The van der Waals surface area contributed by atoms with Crippen molar-refractivity contribution in [1.82, 2.24) is 9.80 Å². The Morgan fingerprint density at radius 1 is 1.10 bits per heavy atom. The minimum absolute atomic E-state index is 0.0108. The molecule has 1 aliphatic heterocycles. The largest absolute Gasteiger partial charge is 0.384 e. The van der Waals surface area contributed by atoms with E-state index in [1.807, 2.05) is 32.0 Å². The minimum atomic E-state index is -0.980. The lowest BCUT2D eigenvalue weighted by molar-refractivity contribution is -0.140. The van der Waals surface area contributed by atoms with Crippen molar-refractivity contribution in [2.75, 3.05) is 26.2 Å². The molecule has 1 atom stereocenters. The first-order chi connectivity index (χ1) is 9.90. The molecular weight excluding hydrogens is 268 g/mol. The summed E-state index contributed by atoms with van der Waals surface area (Å²) in [6.07, 6.45) is -0.980. The van der Waals surface area contributed by atoms with Crippen LogP contribution in [0.2, 0.25) is 0 Å². The van der Waals surface area contributed by atoms with Crippen LogP contribution >= 0.6 is 0 Å². The molecule has 1 fully saturated rings. The molecule has 1 N–H and O–H groups in total. The van der Waals surface area contributed by atoms with Gasteiger partial charge >= 0.3 is 0 Å². The number of carbonyl (C=O) groups is 2. The van der Waals surface area contributed by atoms with Crippen molar-refractivity contribution in [1.29, 1.82) is 0 Å². The minimum Gasteiger partial charge on any atom is -0.384 e. The third-order valence-corrected chi connectivity index (χ3v) is 3.85. The highest BCUT2D eigenvalue weighted by Crippen LogP contribution is 2.15. The van der Waals surface area contributed by atoms with E-state index in [0.717, 1.165) is 16.7 Å². The maximum absolute atomic E-state index is 12.5. The smallest absolute Gasteiger partial charge is 0.254 e. The van der Waals surface area contributed by atoms with Crippen LogP contribution in [0.1, 0.15) is 28.4 Å². The Labute approximate surface area is 125 Å². The van der Waals surface area contributed by atoms with Gasteiger partial charge in [0.25, 0.3) is 11.8 Å². The number of carbonyl (C=O) groups excluding carboxylic acids is 2. The summed E-state index contributed by atoms with van der Waals surface area (Å²) >= 11 is 0. The molecular formula is C16H22N2O3. The molecule has 1 aromatic rings. The second-order valence-corrected chi connectivity index (χ2v) is 5.61. The van der Waals surface area contributed by atoms with Gasteiger partial charge in [0.1, 0.15) is 6.10 Å². The number of aliphatic hydroxyl groups is 1. The average Bonchev–Trinajstić information content (AvgIpc) is 2.46. The summed E-state index contributed by atoms with van der Waals surface area (Å²) in [5, 5.41) is 9.32. The lowest BCUT2D eigenvalue weighted by Crippen LogP contribution is -2.52. The highest BCUT2D eigenvalue weighted by molar-refractivity contribution is 5.96. The van der Waals surface area contributed by atoms with Crippen molar-refractivity contribution in [3.8, 4) is 0 Å². The molecule has 0 radical (unpaired) electrons. The summed E-state index contributed by atoms with van der Waals surface area (Å²) in [4.78, 5) is 27.6. The zero-order valence-electron chi connectivity index (χ0n) is 12.8. The molecule has 0 spiro atoms. The molecule has 5 heteroatoms. The Balaban J connectivity index is 2.02. The third kappa shape index (κ3) is 3.42. The molecule has 0 aliphatic carbocycles. The third-order valence-electron chi connectivity index (χ3n) is 3.85. The highest BCUT2D eigenvalue weighted by Gasteiger charge is 2.27. The predicted octanol–water partition coefficient (Wildman–Crippen LogP) is 0.969. The highest BCUT2D eigenvalue weighted by atomic mass is 16.3. The number of piperazine rings is 1. The Kier molecular flexibility index (Phi) is 4.63. The number of aliphatic hydroxyl groups excluding tert-OH is 1. The van der Waals surface area contributed by atoms with Gasteiger partial charge in [0.05, 0.1) is 0 Å². The zero-order valence-corrected chi connectivity index (χ0v) is 12.8. The van der Waals surface area contributed by atoms with Crippen LogP contribution in [0.3, 0.4) is 0 Å². The summed E-state index contributed by atoms with van der Waals surface area (Å²) in [6.45, 7) is 7.36. The molecule has 0 aromatic heterocycles. The fourth-order valence-corrected chi connectivity index (χ4v) is 2.62. The summed E-state index contributed by atoms with van der Waals surface area (Å²) in [5.41, 5.74) is 2.83. The molecule has 1 heterocycles. The van der Waals surface area contributed by atoms with Crippen LogP contribution in [-0.2, 0) is 4.79 Å². The van der Waals surface area contributed by atoms with E-state index in [1.54, 1.807) is 9.80 Å². The Hall–Kier alpha value is -1.88. The van der Waals surface area contributed by atoms with E-state index < -0.39 is 6.10 Å². The molecule has 2 rings (SSSR count). The van der Waals surface area contributed by atoms with Gasteiger partial charge in [-0.15, -0.1) is 0 Å². The van der Waals surface area contributed by atoms with Gasteiger partial charge in [0.15, 0.2) is 0 Å². The molecule has 0 saturated carbocycles. The van der Waals surface area contributed by atoms with Gasteiger partial charge in [-0.3, -0.25) is 9.59 Å². The Morgan fingerprint density at radius 3 is 2.19 bits per heavy atom.